The normalized spacial score (nSPS) is 12.7. The third-order valence-electron chi connectivity index (χ3n) is 5.75. The van der Waals surface area contributed by atoms with Gasteiger partial charge in [-0.05, 0) is 57.3 Å². The SMILES string of the molecule is Cc1c(N)c(Nc2ccccc2)nc(NCC(C)O)c1/N=N/c1ccc(S(=O)(=O)CCN(C)CCO)cc1. The number of aromatic nitrogens is 1. The van der Waals surface area contributed by atoms with Gasteiger partial charge in [-0.2, -0.15) is 5.11 Å². The molecule has 0 radical (unpaired) electrons. The molecule has 1 heterocycles. The fourth-order valence-corrected chi connectivity index (χ4v) is 4.79. The van der Waals surface area contributed by atoms with E-state index in [0.717, 1.165) is 5.69 Å². The van der Waals surface area contributed by atoms with Crippen molar-refractivity contribution in [2.45, 2.75) is 24.8 Å². The van der Waals surface area contributed by atoms with Gasteiger partial charge < -0.3 is 31.5 Å². The summed E-state index contributed by atoms with van der Waals surface area (Å²) in [5, 5.41) is 33.7. The number of aliphatic hydroxyl groups excluding tert-OH is 2. The van der Waals surface area contributed by atoms with Gasteiger partial charge in [-0.25, -0.2) is 13.4 Å². The summed E-state index contributed by atoms with van der Waals surface area (Å²) < 4.78 is 25.3. The molecule has 3 rings (SSSR count). The van der Waals surface area contributed by atoms with Gasteiger partial charge in [0.15, 0.2) is 21.5 Å². The zero-order chi connectivity index (χ0) is 27.7. The van der Waals surface area contributed by atoms with E-state index in [0.29, 0.717) is 47.4 Å². The van der Waals surface area contributed by atoms with Crippen LogP contribution < -0.4 is 16.4 Å². The van der Waals surface area contributed by atoms with Gasteiger partial charge in [0.2, 0.25) is 0 Å². The molecule has 12 heteroatoms. The van der Waals surface area contributed by atoms with Crippen molar-refractivity contribution in [3.05, 3.63) is 60.2 Å². The van der Waals surface area contributed by atoms with Crippen LogP contribution in [0.3, 0.4) is 0 Å². The van der Waals surface area contributed by atoms with Crippen molar-refractivity contribution in [1.82, 2.24) is 9.88 Å². The van der Waals surface area contributed by atoms with Gasteiger partial charge in [0.1, 0.15) is 5.69 Å². The van der Waals surface area contributed by atoms with Crippen LogP contribution >= 0.6 is 0 Å². The first kappa shape index (κ1) is 29.0. The fourth-order valence-electron chi connectivity index (χ4n) is 3.46. The van der Waals surface area contributed by atoms with Crippen LogP contribution in [0, 0.1) is 6.92 Å². The molecule has 11 nitrogen and oxygen atoms in total. The molecule has 204 valence electrons. The quantitative estimate of drug-likeness (QED) is 0.203. The Labute approximate surface area is 223 Å². The van der Waals surface area contributed by atoms with Gasteiger partial charge in [0.25, 0.3) is 0 Å². The summed E-state index contributed by atoms with van der Waals surface area (Å²) in [6.07, 6.45) is -0.622. The number of azo groups is 1. The summed E-state index contributed by atoms with van der Waals surface area (Å²) in [7, 11) is -1.73. The predicted molar refractivity (Wildman–Crippen MR) is 151 cm³/mol. The van der Waals surface area contributed by atoms with Crippen LogP contribution in [-0.4, -0.2) is 73.7 Å². The minimum atomic E-state index is -3.49. The van der Waals surface area contributed by atoms with Crippen LogP contribution in [0.1, 0.15) is 12.5 Å². The van der Waals surface area contributed by atoms with E-state index in [1.165, 1.54) is 12.1 Å². The van der Waals surface area contributed by atoms with Crippen molar-refractivity contribution in [3.63, 3.8) is 0 Å². The monoisotopic (exact) mass is 541 g/mol. The summed E-state index contributed by atoms with van der Waals surface area (Å²) >= 11 is 0. The zero-order valence-electron chi connectivity index (χ0n) is 21.8. The van der Waals surface area contributed by atoms with Crippen LogP contribution in [0.4, 0.5) is 34.4 Å². The lowest BCUT2D eigenvalue weighted by molar-refractivity contribution is 0.208. The number of rotatable bonds is 13. The molecule has 38 heavy (non-hydrogen) atoms. The number of aliphatic hydroxyl groups is 2. The molecule has 3 aromatic rings. The van der Waals surface area contributed by atoms with Crippen molar-refractivity contribution in [2.75, 3.05) is 55.4 Å². The molecule has 1 aromatic heterocycles. The summed E-state index contributed by atoms with van der Waals surface area (Å²) in [6.45, 7) is 4.39. The summed E-state index contributed by atoms with van der Waals surface area (Å²) in [6, 6.07) is 15.6. The average molecular weight is 542 g/mol. The standard InChI is InChI=1S/C26H35N7O4S/c1-18(35)17-28-26-24(19(2)23(27)25(30-26)29-20-7-5-4-6-8-20)32-31-21-9-11-22(12-10-21)38(36,37)16-14-33(3)13-15-34/h4-12,18,34-35H,13-17,27H2,1-3H3,(H2,28,29,30)/b32-31+. The Morgan fingerprint density at radius 3 is 2.37 bits per heavy atom. The second-order valence-electron chi connectivity index (χ2n) is 8.96. The molecular formula is C26H35N7O4S. The molecular weight excluding hydrogens is 506 g/mol. The van der Waals surface area contributed by atoms with Gasteiger partial charge in [0, 0.05) is 30.9 Å². The first-order chi connectivity index (χ1) is 18.1. The number of para-hydroxylation sites is 1. The largest absolute Gasteiger partial charge is 0.395 e. The van der Waals surface area contributed by atoms with E-state index in [1.54, 1.807) is 37.9 Å². The van der Waals surface area contributed by atoms with E-state index in [9.17, 15) is 13.5 Å². The lowest BCUT2D eigenvalue weighted by Gasteiger charge is -2.17. The molecule has 6 N–H and O–H groups in total. The molecule has 0 amide bonds. The highest BCUT2D eigenvalue weighted by Gasteiger charge is 2.17. The van der Waals surface area contributed by atoms with Crippen LogP contribution in [0.5, 0.6) is 0 Å². The highest BCUT2D eigenvalue weighted by Crippen LogP contribution is 2.37. The third kappa shape index (κ3) is 7.96. The maximum atomic E-state index is 12.6. The molecule has 0 aliphatic heterocycles. The Hall–Kier alpha value is -3.58. The number of hydrogen-bond donors (Lipinski definition) is 5. The number of nitrogens with one attached hydrogen (secondary N) is 2. The number of nitrogens with zero attached hydrogens (tertiary/aromatic N) is 4. The number of pyridine rings is 1. The van der Waals surface area contributed by atoms with E-state index in [4.69, 9.17) is 10.8 Å². The van der Waals surface area contributed by atoms with Crippen molar-refractivity contribution in [3.8, 4) is 0 Å². The van der Waals surface area contributed by atoms with Crippen molar-refractivity contribution < 1.29 is 18.6 Å². The predicted octanol–water partition coefficient (Wildman–Crippen LogP) is 3.62. The topological polar surface area (TPSA) is 166 Å². The van der Waals surface area contributed by atoms with Gasteiger partial charge >= 0.3 is 0 Å². The van der Waals surface area contributed by atoms with E-state index in [-0.39, 0.29) is 23.8 Å². The number of benzene rings is 2. The molecule has 0 aliphatic rings. The minimum Gasteiger partial charge on any atom is -0.395 e. The molecule has 0 aliphatic carbocycles. The lowest BCUT2D eigenvalue weighted by Crippen LogP contribution is -2.28. The van der Waals surface area contributed by atoms with Crippen LogP contribution in [0.2, 0.25) is 0 Å². The maximum Gasteiger partial charge on any atom is 0.179 e. The molecule has 0 bridgehead atoms. The van der Waals surface area contributed by atoms with Crippen molar-refractivity contribution in [1.29, 1.82) is 0 Å². The highest BCUT2D eigenvalue weighted by molar-refractivity contribution is 7.91. The van der Waals surface area contributed by atoms with Crippen molar-refractivity contribution in [2.24, 2.45) is 10.2 Å². The van der Waals surface area contributed by atoms with E-state index in [1.807, 2.05) is 30.3 Å². The van der Waals surface area contributed by atoms with Gasteiger partial charge in [-0.3, -0.25) is 0 Å². The van der Waals surface area contributed by atoms with Crippen LogP contribution in [-0.2, 0) is 9.84 Å². The maximum absolute atomic E-state index is 12.6. The Balaban J connectivity index is 1.85. The summed E-state index contributed by atoms with van der Waals surface area (Å²) in [5.41, 5.74) is 9.09. The average Bonchev–Trinajstić information content (AvgIpc) is 2.89. The van der Waals surface area contributed by atoms with E-state index < -0.39 is 15.9 Å². The fraction of sp³-hybridized carbons (Fsp3) is 0.346. The minimum absolute atomic E-state index is 0.0284. The van der Waals surface area contributed by atoms with Crippen molar-refractivity contribution >= 4 is 44.2 Å². The molecule has 2 aromatic carbocycles. The first-order valence-corrected chi connectivity index (χ1v) is 13.8. The second-order valence-corrected chi connectivity index (χ2v) is 11.1. The number of anilines is 4. The molecule has 0 saturated carbocycles. The highest BCUT2D eigenvalue weighted by atomic mass is 32.2. The van der Waals surface area contributed by atoms with E-state index >= 15 is 0 Å². The number of hydrogen-bond acceptors (Lipinski definition) is 11. The van der Waals surface area contributed by atoms with Crippen LogP contribution in [0.25, 0.3) is 0 Å². The summed E-state index contributed by atoms with van der Waals surface area (Å²) in [5.74, 6) is 0.779. The molecule has 0 fully saturated rings. The summed E-state index contributed by atoms with van der Waals surface area (Å²) in [4.78, 5) is 6.54. The Morgan fingerprint density at radius 1 is 1.05 bits per heavy atom. The third-order valence-corrected chi connectivity index (χ3v) is 7.46. The van der Waals surface area contributed by atoms with Gasteiger partial charge in [-0.15, -0.1) is 5.11 Å². The number of sulfone groups is 1. The van der Waals surface area contributed by atoms with Crippen LogP contribution in [0.15, 0.2) is 69.7 Å². The zero-order valence-corrected chi connectivity index (χ0v) is 22.6. The smallest absolute Gasteiger partial charge is 0.179 e. The van der Waals surface area contributed by atoms with E-state index in [2.05, 4.69) is 25.8 Å². The second kappa shape index (κ2) is 13.3. The molecule has 1 unspecified atom stereocenters. The van der Waals surface area contributed by atoms with Gasteiger partial charge in [-0.1, -0.05) is 18.2 Å². The Morgan fingerprint density at radius 2 is 1.74 bits per heavy atom. The number of nitrogens with two attached hydrogens (primary N) is 1. The molecule has 1 atom stereocenters. The number of likely N-dealkylation sites (N-methyl/N-ethyl adjacent to an activating group) is 1. The Kier molecular flexibility index (Phi) is 10.1. The number of nitrogen functional groups attached to an aromatic ring is 1. The Bertz CT molecular complexity index is 1330. The molecule has 0 saturated heterocycles. The first-order valence-electron chi connectivity index (χ1n) is 12.2. The molecule has 0 spiro atoms. The lowest BCUT2D eigenvalue weighted by atomic mass is 10.2. The van der Waals surface area contributed by atoms with Gasteiger partial charge in [0.05, 0.1) is 34.7 Å².